The second-order valence-corrected chi connectivity index (χ2v) is 4.51. The maximum absolute atomic E-state index is 5.66. The minimum Gasteiger partial charge on any atom is -0.421 e. The lowest BCUT2D eigenvalue weighted by atomic mass is 10.1. The highest BCUT2D eigenvalue weighted by atomic mass is 16.4. The van der Waals surface area contributed by atoms with Crippen LogP contribution in [0.1, 0.15) is 23.4 Å². The quantitative estimate of drug-likeness (QED) is 0.822. The van der Waals surface area contributed by atoms with E-state index in [0.717, 1.165) is 24.9 Å². The minimum atomic E-state index is 0.609. The van der Waals surface area contributed by atoms with Gasteiger partial charge in [-0.05, 0) is 57.1 Å². The van der Waals surface area contributed by atoms with Crippen molar-refractivity contribution in [3.8, 4) is 11.5 Å². The Balaban J connectivity index is 2.11. The zero-order valence-electron chi connectivity index (χ0n) is 11.2. The van der Waals surface area contributed by atoms with Crippen LogP contribution in [0.15, 0.2) is 22.6 Å². The van der Waals surface area contributed by atoms with E-state index < -0.39 is 0 Å². The van der Waals surface area contributed by atoms with Crippen LogP contribution in [0.3, 0.4) is 0 Å². The standard InChI is InChI=1S/C14H19N3O/c1-10-6-7-12(9-11(10)2)14-17-16-13(18-14)5-4-8-15-3/h6-7,9,15H,4-5,8H2,1-3H3. The minimum absolute atomic E-state index is 0.609. The Bertz CT molecular complexity index is 520. The highest BCUT2D eigenvalue weighted by Crippen LogP contribution is 2.21. The number of nitrogens with one attached hydrogen (secondary N) is 1. The van der Waals surface area contributed by atoms with E-state index in [0.29, 0.717) is 11.8 Å². The highest BCUT2D eigenvalue weighted by Gasteiger charge is 2.08. The van der Waals surface area contributed by atoms with Crippen molar-refractivity contribution < 1.29 is 4.42 Å². The van der Waals surface area contributed by atoms with Gasteiger partial charge in [-0.15, -0.1) is 10.2 Å². The van der Waals surface area contributed by atoms with Crippen molar-refractivity contribution in [3.05, 3.63) is 35.2 Å². The van der Waals surface area contributed by atoms with Crippen LogP contribution in [0.25, 0.3) is 11.5 Å². The maximum Gasteiger partial charge on any atom is 0.247 e. The van der Waals surface area contributed by atoms with E-state index >= 15 is 0 Å². The molecule has 1 aromatic carbocycles. The van der Waals surface area contributed by atoms with Crippen LogP contribution in [0, 0.1) is 13.8 Å². The molecule has 0 saturated carbocycles. The van der Waals surface area contributed by atoms with E-state index in [9.17, 15) is 0 Å². The largest absolute Gasteiger partial charge is 0.421 e. The second kappa shape index (κ2) is 5.78. The van der Waals surface area contributed by atoms with Crippen LogP contribution in [0.2, 0.25) is 0 Å². The third-order valence-corrected chi connectivity index (χ3v) is 3.04. The number of nitrogens with zero attached hydrogens (tertiary/aromatic N) is 2. The Labute approximate surface area is 107 Å². The molecule has 4 nitrogen and oxygen atoms in total. The van der Waals surface area contributed by atoms with E-state index in [4.69, 9.17) is 4.42 Å². The Morgan fingerprint density at radius 2 is 2.00 bits per heavy atom. The molecule has 1 heterocycles. The van der Waals surface area contributed by atoms with Crippen molar-refractivity contribution in [2.45, 2.75) is 26.7 Å². The molecule has 2 aromatic rings. The number of hydrogen-bond acceptors (Lipinski definition) is 4. The van der Waals surface area contributed by atoms with Crippen molar-refractivity contribution in [2.24, 2.45) is 0 Å². The summed E-state index contributed by atoms with van der Waals surface area (Å²) in [7, 11) is 1.94. The zero-order chi connectivity index (χ0) is 13.0. The first kappa shape index (κ1) is 12.8. The third-order valence-electron chi connectivity index (χ3n) is 3.04. The average molecular weight is 245 g/mol. The van der Waals surface area contributed by atoms with Gasteiger partial charge >= 0.3 is 0 Å². The highest BCUT2D eigenvalue weighted by molar-refractivity contribution is 5.55. The van der Waals surface area contributed by atoms with E-state index in [1.807, 2.05) is 13.1 Å². The van der Waals surface area contributed by atoms with Gasteiger partial charge in [0.05, 0.1) is 0 Å². The molecule has 0 atom stereocenters. The molecule has 0 radical (unpaired) electrons. The van der Waals surface area contributed by atoms with Crippen molar-refractivity contribution in [1.29, 1.82) is 0 Å². The molecule has 1 N–H and O–H groups in total. The van der Waals surface area contributed by atoms with Crippen molar-refractivity contribution in [1.82, 2.24) is 15.5 Å². The van der Waals surface area contributed by atoms with Crippen molar-refractivity contribution in [3.63, 3.8) is 0 Å². The number of rotatable bonds is 5. The molecule has 0 fully saturated rings. The van der Waals surface area contributed by atoms with Crippen LogP contribution in [-0.2, 0) is 6.42 Å². The lowest BCUT2D eigenvalue weighted by molar-refractivity contribution is 0.495. The van der Waals surface area contributed by atoms with Gasteiger partial charge in [-0.25, -0.2) is 0 Å². The normalized spacial score (nSPS) is 10.8. The number of hydrogen-bond donors (Lipinski definition) is 1. The first-order chi connectivity index (χ1) is 8.70. The van der Waals surface area contributed by atoms with Gasteiger partial charge in [0.25, 0.3) is 0 Å². The molecule has 0 aliphatic rings. The predicted molar refractivity (Wildman–Crippen MR) is 71.5 cm³/mol. The van der Waals surface area contributed by atoms with Gasteiger partial charge in [-0.1, -0.05) is 6.07 Å². The van der Waals surface area contributed by atoms with Crippen LogP contribution in [-0.4, -0.2) is 23.8 Å². The van der Waals surface area contributed by atoms with E-state index in [2.05, 4.69) is 41.5 Å². The fourth-order valence-electron chi connectivity index (χ4n) is 1.76. The molecular formula is C14H19N3O. The van der Waals surface area contributed by atoms with E-state index in [1.165, 1.54) is 11.1 Å². The summed E-state index contributed by atoms with van der Waals surface area (Å²) in [5.41, 5.74) is 3.50. The molecule has 0 bridgehead atoms. The van der Waals surface area contributed by atoms with Crippen LogP contribution in [0.4, 0.5) is 0 Å². The van der Waals surface area contributed by atoms with E-state index in [1.54, 1.807) is 0 Å². The maximum atomic E-state index is 5.66. The molecule has 2 rings (SSSR count). The molecule has 0 aliphatic carbocycles. The van der Waals surface area contributed by atoms with Crippen LogP contribution >= 0.6 is 0 Å². The summed E-state index contributed by atoms with van der Waals surface area (Å²) in [4.78, 5) is 0. The lowest BCUT2D eigenvalue weighted by Gasteiger charge is -2.00. The van der Waals surface area contributed by atoms with Crippen LogP contribution < -0.4 is 5.32 Å². The molecular weight excluding hydrogens is 226 g/mol. The summed E-state index contributed by atoms with van der Waals surface area (Å²) in [6.45, 7) is 5.14. The Kier molecular flexibility index (Phi) is 4.10. The van der Waals surface area contributed by atoms with Gasteiger partial charge in [-0.3, -0.25) is 0 Å². The summed E-state index contributed by atoms with van der Waals surface area (Å²) in [6, 6.07) is 6.18. The molecule has 0 aliphatic heterocycles. The smallest absolute Gasteiger partial charge is 0.247 e. The fraction of sp³-hybridized carbons (Fsp3) is 0.429. The topological polar surface area (TPSA) is 51.0 Å². The van der Waals surface area contributed by atoms with Crippen molar-refractivity contribution in [2.75, 3.05) is 13.6 Å². The number of aryl methyl sites for hydroxylation is 3. The number of aromatic nitrogens is 2. The summed E-state index contributed by atoms with van der Waals surface area (Å²) in [6.07, 6.45) is 1.82. The molecule has 4 heteroatoms. The summed E-state index contributed by atoms with van der Waals surface area (Å²) >= 11 is 0. The lowest BCUT2D eigenvalue weighted by Crippen LogP contribution is -2.08. The molecule has 0 unspecified atom stereocenters. The first-order valence-corrected chi connectivity index (χ1v) is 6.25. The van der Waals surface area contributed by atoms with Gasteiger partial charge in [0.1, 0.15) is 0 Å². The zero-order valence-corrected chi connectivity index (χ0v) is 11.2. The molecule has 0 saturated heterocycles. The van der Waals surface area contributed by atoms with Gasteiger partial charge in [-0.2, -0.15) is 0 Å². The van der Waals surface area contributed by atoms with Gasteiger partial charge < -0.3 is 9.73 Å². The van der Waals surface area contributed by atoms with Crippen molar-refractivity contribution >= 4 is 0 Å². The van der Waals surface area contributed by atoms with Gasteiger partial charge in [0, 0.05) is 12.0 Å². The van der Waals surface area contributed by atoms with Gasteiger partial charge in [0.15, 0.2) is 0 Å². The summed E-state index contributed by atoms with van der Waals surface area (Å²) in [5, 5.41) is 11.3. The molecule has 0 spiro atoms. The third kappa shape index (κ3) is 2.96. The first-order valence-electron chi connectivity index (χ1n) is 6.25. The Morgan fingerprint density at radius 3 is 2.72 bits per heavy atom. The van der Waals surface area contributed by atoms with Gasteiger partial charge in [0.2, 0.25) is 11.8 Å². The number of benzene rings is 1. The Hall–Kier alpha value is -1.68. The molecule has 18 heavy (non-hydrogen) atoms. The molecule has 0 amide bonds. The fourth-order valence-corrected chi connectivity index (χ4v) is 1.76. The predicted octanol–water partition coefficient (Wildman–Crippen LogP) is 2.51. The SMILES string of the molecule is CNCCCc1nnc(-c2ccc(C)c(C)c2)o1. The summed E-state index contributed by atoms with van der Waals surface area (Å²) in [5.74, 6) is 1.32. The average Bonchev–Trinajstić information content (AvgIpc) is 2.82. The van der Waals surface area contributed by atoms with E-state index in [-0.39, 0.29) is 0 Å². The molecule has 96 valence electrons. The molecule has 1 aromatic heterocycles. The summed E-state index contributed by atoms with van der Waals surface area (Å²) < 4.78 is 5.66. The van der Waals surface area contributed by atoms with Crippen LogP contribution in [0.5, 0.6) is 0 Å². The second-order valence-electron chi connectivity index (χ2n) is 4.51. The monoisotopic (exact) mass is 245 g/mol. The Morgan fingerprint density at radius 1 is 1.17 bits per heavy atom.